The Balaban J connectivity index is 2.40. The molecule has 112 valence electrons. The molecule has 0 radical (unpaired) electrons. The van der Waals surface area contributed by atoms with E-state index in [4.69, 9.17) is 11.6 Å². The SMILES string of the molecule is CC(C)N(Cc1cccnc1)S(=O)(=O)c1cccnc1Cl. The molecule has 0 N–H and O–H groups in total. The lowest BCUT2D eigenvalue weighted by molar-refractivity contribution is 0.347. The minimum atomic E-state index is -3.72. The predicted octanol–water partition coefficient (Wildman–Crippen LogP) is 2.73. The summed E-state index contributed by atoms with van der Waals surface area (Å²) >= 11 is 5.93. The Morgan fingerprint density at radius 3 is 2.52 bits per heavy atom. The van der Waals surface area contributed by atoms with Crippen LogP contribution in [0.2, 0.25) is 5.15 Å². The number of sulfonamides is 1. The fourth-order valence-corrected chi connectivity index (χ4v) is 3.96. The summed E-state index contributed by atoms with van der Waals surface area (Å²) in [5.74, 6) is 0. The normalized spacial score (nSPS) is 12.0. The van der Waals surface area contributed by atoms with E-state index in [9.17, 15) is 8.42 Å². The molecular weight excluding hydrogens is 310 g/mol. The van der Waals surface area contributed by atoms with Gasteiger partial charge < -0.3 is 0 Å². The van der Waals surface area contributed by atoms with Crippen molar-refractivity contribution in [3.05, 3.63) is 53.6 Å². The van der Waals surface area contributed by atoms with Gasteiger partial charge in [-0.3, -0.25) is 4.98 Å². The van der Waals surface area contributed by atoms with E-state index in [1.165, 1.54) is 16.6 Å². The zero-order valence-electron chi connectivity index (χ0n) is 11.8. The average molecular weight is 326 g/mol. The summed E-state index contributed by atoms with van der Waals surface area (Å²) in [6.45, 7) is 3.87. The molecule has 7 heteroatoms. The van der Waals surface area contributed by atoms with Crippen LogP contribution in [0.5, 0.6) is 0 Å². The molecule has 5 nitrogen and oxygen atoms in total. The molecule has 0 aromatic carbocycles. The number of rotatable bonds is 5. The van der Waals surface area contributed by atoms with Crippen LogP contribution in [0.25, 0.3) is 0 Å². The Morgan fingerprint density at radius 2 is 1.95 bits per heavy atom. The molecule has 0 saturated heterocycles. The molecule has 0 bridgehead atoms. The first-order chi connectivity index (χ1) is 9.93. The van der Waals surface area contributed by atoms with Gasteiger partial charge in [-0.05, 0) is 37.6 Å². The zero-order valence-corrected chi connectivity index (χ0v) is 13.3. The summed E-state index contributed by atoms with van der Waals surface area (Å²) in [7, 11) is -3.72. The van der Waals surface area contributed by atoms with Gasteiger partial charge in [-0.15, -0.1) is 0 Å². The number of halogens is 1. The van der Waals surface area contributed by atoms with Gasteiger partial charge in [0, 0.05) is 31.2 Å². The monoisotopic (exact) mass is 325 g/mol. The van der Waals surface area contributed by atoms with Crippen molar-refractivity contribution in [2.24, 2.45) is 0 Å². The summed E-state index contributed by atoms with van der Waals surface area (Å²) < 4.78 is 26.9. The first kappa shape index (κ1) is 15.9. The molecule has 0 aliphatic heterocycles. The third-order valence-electron chi connectivity index (χ3n) is 2.95. The van der Waals surface area contributed by atoms with Crippen molar-refractivity contribution in [2.75, 3.05) is 0 Å². The Kier molecular flexibility index (Phi) is 4.92. The smallest absolute Gasteiger partial charge is 0.246 e. The maximum absolute atomic E-state index is 12.8. The molecule has 2 rings (SSSR count). The molecule has 2 heterocycles. The van der Waals surface area contributed by atoms with Gasteiger partial charge >= 0.3 is 0 Å². The van der Waals surface area contributed by atoms with E-state index in [0.717, 1.165) is 5.56 Å². The maximum Gasteiger partial charge on any atom is 0.246 e. The van der Waals surface area contributed by atoms with Crippen LogP contribution < -0.4 is 0 Å². The fraction of sp³-hybridized carbons (Fsp3) is 0.286. The van der Waals surface area contributed by atoms with Crippen LogP contribution >= 0.6 is 11.6 Å². The highest BCUT2D eigenvalue weighted by atomic mass is 35.5. The molecule has 2 aromatic rings. The van der Waals surface area contributed by atoms with Crippen molar-refractivity contribution < 1.29 is 8.42 Å². The van der Waals surface area contributed by atoms with Crippen molar-refractivity contribution >= 4 is 21.6 Å². The van der Waals surface area contributed by atoms with Gasteiger partial charge in [-0.1, -0.05) is 17.7 Å². The Labute approximate surface area is 129 Å². The molecule has 0 unspecified atom stereocenters. The number of hydrogen-bond donors (Lipinski definition) is 0. The number of hydrogen-bond acceptors (Lipinski definition) is 4. The second kappa shape index (κ2) is 6.51. The van der Waals surface area contributed by atoms with E-state index in [-0.39, 0.29) is 22.6 Å². The zero-order chi connectivity index (χ0) is 15.5. The third-order valence-corrected chi connectivity index (χ3v) is 5.42. The fourth-order valence-electron chi connectivity index (χ4n) is 1.91. The van der Waals surface area contributed by atoms with Gasteiger partial charge in [0.15, 0.2) is 0 Å². The number of aromatic nitrogens is 2. The molecule has 0 fully saturated rings. The Bertz CT molecular complexity index is 705. The largest absolute Gasteiger partial charge is 0.264 e. The quantitative estimate of drug-likeness (QED) is 0.793. The standard InChI is InChI=1S/C14H16ClN3O2S/c1-11(2)18(10-12-5-3-7-16-9-12)21(19,20)13-6-4-8-17-14(13)15/h3-9,11H,10H2,1-2H3. The second-order valence-electron chi connectivity index (χ2n) is 4.80. The van der Waals surface area contributed by atoms with Gasteiger partial charge in [-0.25, -0.2) is 13.4 Å². The molecule has 2 aromatic heterocycles. The Hall–Kier alpha value is -1.50. The number of pyridine rings is 2. The van der Waals surface area contributed by atoms with Crippen molar-refractivity contribution in [1.29, 1.82) is 0 Å². The third kappa shape index (κ3) is 3.58. The highest BCUT2D eigenvalue weighted by Crippen LogP contribution is 2.25. The topological polar surface area (TPSA) is 63.2 Å². The van der Waals surface area contributed by atoms with Crippen molar-refractivity contribution in [1.82, 2.24) is 14.3 Å². The van der Waals surface area contributed by atoms with Crippen LogP contribution in [0.1, 0.15) is 19.4 Å². The molecule has 0 spiro atoms. The van der Waals surface area contributed by atoms with Crippen molar-refractivity contribution in [2.45, 2.75) is 31.3 Å². The average Bonchev–Trinajstić information content (AvgIpc) is 2.45. The lowest BCUT2D eigenvalue weighted by atomic mass is 10.2. The van der Waals surface area contributed by atoms with Gasteiger partial charge in [0.05, 0.1) is 0 Å². The summed E-state index contributed by atoms with van der Waals surface area (Å²) in [5, 5.41) is -0.0191. The summed E-state index contributed by atoms with van der Waals surface area (Å²) in [6, 6.07) is 6.41. The van der Waals surface area contributed by atoms with E-state index in [1.54, 1.807) is 24.5 Å². The highest BCUT2D eigenvalue weighted by Gasteiger charge is 2.29. The second-order valence-corrected chi connectivity index (χ2v) is 7.01. The van der Waals surface area contributed by atoms with Crippen molar-refractivity contribution in [3.63, 3.8) is 0 Å². The van der Waals surface area contributed by atoms with Gasteiger partial charge in [0.2, 0.25) is 10.0 Å². The van der Waals surface area contributed by atoms with E-state index >= 15 is 0 Å². The van der Waals surface area contributed by atoms with Crippen LogP contribution in [-0.2, 0) is 16.6 Å². The van der Waals surface area contributed by atoms with E-state index in [1.807, 2.05) is 19.9 Å². The van der Waals surface area contributed by atoms with Crippen LogP contribution in [0.15, 0.2) is 47.8 Å². The summed E-state index contributed by atoms with van der Waals surface area (Å²) in [4.78, 5) is 7.87. The van der Waals surface area contributed by atoms with Crippen LogP contribution in [0.3, 0.4) is 0 Å². The van der Waals surface area contributed by atoms with Crippen LogP contribution in [-0.4, -0.2) is 28.7 Å². The molecule has 0 aliphatic rings. The van der Waals surface area contributed by atoms with E-state index in [2.05, 4.69) is 9.97 Å². The Morgan fingerprint density at radius 1 is 1.24 bits per heavy atom. The number of nitrogens with zero attached hydrogens (tertiary/aromatic N) is 3. The molecule has 21 heavy (non-hydrogen) atoms. The molecular formula is C14H16ClN3O2S. The van der Waals surface area contributed by atoms with E-state index in [0.29, 0.717) is 0 Å². The minimum absolute atomic E-state index is 0.0178. The minimum Gasteiger partial charge on any atom is -0.264 e. The van der Waals surface area contributed by atoms with Crippen LogP contribution in [0.4, 0.5) is 0 Å². The first-order valence-corrected chi connectivity index (χ1v) is 8.26. The first-order valence-electron chi connectivity index (χ1n) is 6.44. The van der Waals surface area contributed by atoms with Crippen LogP contribution in [0, 0.1) is 0 Å². The van der Waals surface area contributed by atoms with E-state index < -0.39 is 10.0 Å². The lowest BCUT2D eigenvalue weighted by Crippen LogP contribution is -2.36. The van der Waals surface area contributed by atoms with Gasteiger partial charge in [0.1, 0.15) is 10.0 Å². The highest BCUT2D eigenvalue weighted by molar-refractivity contribution is 7.89. The molecule has 0 amide bonds. The predicted molar refractivity (Wildman–Crippen MR) is 81.3 cm³/mol. The van der Waals surface area contributed by atoms with Gasteiger partial charge in [0.25, 0.3) is 0 Å². The van der Waals surface area contributed by atoms with Crippen molar-refractivity contribution in [3.8, 4) is 0 Å². The lowest BCUT2D eigenvalue weighted by Gasteiger charge is -2.26. The molecule has 0 aliphatic carbocycles. The summed E-state index contributed by atoms with van der Waals surface area (Å²) in [6.07, 6.45) is 4.76. The molecule has 0 atom stereocenters. The summed E-state index contributed by atoms with van der Waals surface area (Å²) in [5.41, 5.74) is 0.815. The van der Waals surface area contributed by atoms with Gasteiger partial charge in [-0.2, -0.15) is 4.31 Å². The molecule has 0 saturated carbocycles. The maximum atomic E-state index is 12.8.